The van der Waals surface area contributed by atoms with Crippen LogP contribution in [0.4, 0.5) is 0 Å². The van der Waals surface area contributed by atoms with E-state index < -0.39 is 5.97 Å². The fourth-order valence-electron chi connectivity index (χ4n) is 1.69. The van der Waals surface area contributed by atoms with E-state index in [1.165, 1.54) is 0 Å². The second kappa shape index (κ2) is 10.5. The third-order valence-corrected chi connectivity index (χ3v) is 2.70. The highest BCUT2D eigenvalue weighted by Gasteiger charge is 2.15. The van der Waals surface area contributed by atoms with Crippen LogP contribution in [0, 0.1) is 5.92 Å². The van der Waals surface area contributed by atoms with Crippen molar-refractivity contribution < 1.29 is 9.90 Å². The van der Waals surface area contributed by atoms with Gasteiger partial charge in [-0.3, -0.25) is 4.79 Å². The summed E-state index contributed by atoms with van der Waals surface area (Å²) in [5.74, 6) is -0.765. The summed E-state index contributed by atoms with van der Waals surface area (Å²) >= 11 is 0. The number of rotatable bonds is 10. The second-order valence-corrected chi connectivity index (χ2v) is 4.13. The van der Waals surface area contributed by atoms with E-state index >= 15 is 0 Å². The predicted molar refractivity (Wildman–Crippen MR) is 68.5 cm³/mol. The van der Waals surface area contributed by atoms with Crippen molar-refractivity contribution in [2.45, 2.75) is 51.9 Å². The molecule has 0 fully saturated rings. The van der Waals surface area contributed by atoms with Crippen molar-refractivity contribution in [3.05, 3.63) is 24.8 Å². The van der Waals surface area contributed by atoms with E-state index in [9.17, 15) is 4.79 Å². The molecule has 0 aromatic carbocycles. The van der Waals surface area contributed by atoms with Crippen LogP contribution >= 0.6 is 0 Å². The molecule has 1 atom stereocenters. The summed E-state index contributed by atoms with van der Waals surface area (Å²) in [4.78, 5) is 10.9. The van der Waals surface area contributed by atoms with E-state index in [1.807, 2.05) is 6.08 Å². The molecule has 1 N–H and O–H groups in total. The molecule has 0 amide bonds. The maximum Gasteiger partial charge on any atom is 0.306 e. The molecule has 2 nitrogen and oxygen atoms in total. The quantitative estimate of drug-likeness (QED) is 0.446. The number of carbonyl (C=O) groups is 1. The Labute approximate surface area is 99.1 Å². The van der Waals surface area contributed by atoms with E-state index in [4.69, 9.17) is 5.11 Å². The van der Waals surface area contributed by atoms with Gasteiger partial charge in [-0.25, -0.2) is 0 Å². The number of aliphatic carboxylic acids is 1. The maximum atomic E-state index is 10.9. The third kappa shape index (κ3) is 8.27. The molecular weight excluding hydrogens is 200 g/mol. The molecule has 0 aromatic rings. The van der Waals surface area contributed by atoms with Gasteiger partial charge in [-0.05, 0) is 25.7 Å². The van der Waals surface area contributed by atoms with E-state index in [0.29, 0.717) is 0 Å². The predicted octanol–water partition coefficient (Wildman–Crippen LogP) is 4.18. The van der Waals surface area contributed by atoms with Gasteiger partial charge in [0, 0.05) is 0 Å². The van der Waals surface area contributed by atoms with Gasteiger partial charge in [0.15, 0.2) is 0 Å². The molecule has 16 heavy (non-hydrogen) atoms. The van der Waals surface area contributed by atoms with E-state index in [-0.39, 0.29) is 5.92 Å². The molecule has 0 saturated heterocycles. The summed E-state index contributed by atoms with van der Waals surface area (Å²) in [5.41, 5.74) is 0. The van der Waals surface area contributed by atoms with Gasteiger partial charge in [0.2, 0.25) is 0 Å². The zero-order chi connectivity index (χ0) is 12.2. The van der Waals surface area contributed by atoms with Gasteiger partial charge in [0.1, 0.15) is 0 Å². The molecule has 0 rings (SSSR count). The van der Waals surface area contributed by atoms with Crippen LogP contribution in [0.5, 0.6) is 0 Å². The van der Waals surface area contributed by atoms with Gasteiger partial charge in [-0.1, -0.05) is 51.0 Å². The van der Waals surface area contributed by atoms with Gasteiger partial charge in [-0.2, -0.15) is 0 Å². The van der Waals surface area contributed by atoms with E-state index in [1.54, 1.807) is 6.08 Å². The van der Waals surface area contributed by atoms with Gasteiger partial charge in [0.05, 0.1) is 5.92 Å². The van der Waals surface area contributed by atoms with Crippen molar-refractivity contribution in [2.75, 3.05) is 0 Å². The Balaban J connectivity index is 3.63. The SMILES string of the molecule is C=CC=CCCCCC(CCCC)C(=O)O. The fraction of sp³-hybridized carbons (Fsp3) is 0.643. The first-order chi connectivity index (χ1) is 7.72. The number of hydrogen-bond acceptors (Lipinski definition) is 1. The summed E-state index contributed by atoms with van der Waals surface area (Å²) in [6.07, 6.45) is 12.6. The molecular formula is C14H24O2. The monoisotopic (exact) mass is 224 g/mol. The lowest BCUT2D eigenvalue weighted by Crippen LogP contribution is -2.13. The highest BCUT2D eigenvalue weighted by molar-refractivity contribution is 5.69. The van der Waals surface area contributed by atoms with Gasteiger partial charge < -0.3 is 5.11 Å². The van der Waals surface area contributed by atoms with E-state index in [2.05, 4.69) is 19.6 Å². The highest BCUT2D eigenvalue weighted by atomic mass is 16.4. The lowest BCUT2D eigenvalue weighted by atomic mass is 9.95. The first-order valence-electron chi connectivity index (χ1n) is 6.22. The molecule has 0 aromatic heterocycles. The Hall–Kier alpha value is -1.05. The van der Waals surface area contributed by atoms with Crippen molar-refractivity contribution in [1.82, 2.24) is 0 Å². The van der Waals surface area contributed by atoms with Gasteiger partial charge in [-0.15, -0.1) is 0 Å². The van der Waals surface area contributed by atoms with Crippen LogP contribution in [0.15, 0.2) is 24.8 Å². The Morgan fingerprint density at radius 3 is 2.56 bits per heavy atom. The molecule has 0 spiro atoms. The van der Waals surface area contributed by atoms with Crippen molar-refractivity contribution in [3.63, 3.8) is 0 Å². The van der Waals surface area contributed by atoms with Crippen LogP contribution in [0.1, 0.15) is 51.9 Å². The van der Waals surface area contributed by atoms with Crippen LogP contribution in [0.2, 0.25) is 0 Å². The Morgan fingerprint density at radius 1 is 1.31 bits per heavy atom. The number of allylic oxidation sites excluding steroid dienone is 3. The van der Waals surface area contributed by atoms with Crippen molar-refractivity contribution >= 4 is 5.97 Å². The summed E-state index contributed by atoms with van der Waals surface area (Å²) in [6.45, 7) is 5.70. The second-order valence-electron chi connectivity index (χ2n) is 4.13. The lowest BCUT2D eigenvalue weighted by Gasteiger charge is -2.10. The zero-order valence-electron chi connectivity index (χ0n) is 10.3. The van der Waals surface area contributed by atoms with Crippen molar-refractivity contribution in [2.24, 2.45) is 5.92 Å². The third-order valence-electron chi connectivity index (χ3n) is 2.70. The molecule has 2 heteroatoms. The number of unbranched alkanes of at least 4 members (excludes halogenated alkanes) is 3. The normalized spacial score (nSPS) is 12.8. The van der Waals surface area contributed by atoms with Crippen molar-refractivity contribution in [1.29, 1.82) is 0 Å². The van der Waals surface area contributed by atoms with Crippen LogP contribution in [0.3, 0.4) is 0 Å². The van der Waals surface area contributed by atoms with Crippen LogP contribution < -0.4 is 0 Å². The first kappa shape index (κ1) is 14.9. The minimum absolute atomic E-state index is 0.136. The van der Waals surface area contributed by atoms with Crippen molar-refractivity contribution in [3.8, 4) is 0 Å². The Bertz CT molecular complexity index is 219. The minimum atomic E-state index is -0.630. The Morgan fingerprint density at radius 2 is 2.00 bits per heavy atom. The average molecular weight is 224 g/mol. The number of carboxylic acids is 1. The standard InChI is InChI=1S/C14H24O2/c1-3-5-7-8-9-10-12-13(14(15)16)11-6-4-2/h3,5,7,13H,1,4,6,8-12H2,2H3,(H,15,16). The molecule has 0 bridgehead atoms. The number of carboxylic acid groups (broad SMARTS) is 1. The molecule has 1 unspecified atom stereocenters. The summed E-state index contributed by atoms with van der Waals surface area (Å²) in [6, 6.07) is 0. The first-order valence-corrected chi connectivity index (χ1v) is 6.22. The zero-order valence-corrected chi connectivity index (χ0v) is 10.3. The smallest absolute Gasteiger partial charge is 0.306 e. The summed E-state index contributed by atoms with van der Waals surface area (Å²) in [5, 5.41) is 9.01. The lowest BCUT2D eigenvalue weighted by molar-refractivity contribution is -0.142. The van der Waals surface area contributed by atoms with Crippen LogP contribution in [0.25, 0.3) is 0 Å². The topological polar surface area (TPSA) is 37.3 Å². The average Bonchev–Trinajstić information content (AvgIpc) is 2.26. The Kier molecular flexibility index (Phi) is 9.78. The number of hydrogen-bond donors (Lipinski definition) is 1. The summed E-state index contributed by atoms with van der Waals surface area (Å²) < 4.78 is 0. The maximum absolute atomic E-state index is 10.9. The molecule has 92 valence electrons. The molecule has 0 aliphatic carbocycles. The summed E-state index contributed by atoms with van der Waals surface area (Å²) in [7, 11) is 0. The molecule has 0 aliphatic rings. The van der Waals surface area contributed by atoms with Crippen LogP contribution in [-0.2, 0) is 4.79 Å². The van der Waals surface area contributed by atoms with Gasteiger partial charge >= 0.3 is 5.97 Å². The largest absolute Gasteiger partial charge is 0.481 e. The fourth-order valence-corrected chi connectivity index (χ4v) is 1.69. The minimum Gasteiger partial charge on any atom is -0.481 e. The molecule has 0 saturated carbocycles. The molecule has 0 heterocycles. The van der Waals surface area contributed by atoms with E-state index in [0.717, 1.165) is 44.9 Å². The molecule has 0 aliphatic heterocycles. The van der Waals surface area contributed by atoms with Gasteiger partial charge in [0.25, 0.3) is 0 Å². The van der Waals surface area contributed by atoms with Crippen LogP contribution in [-0.4, -0.2) is 11.1 Å². The molecule has 0 radical (unpaired) electrons. The highest BCUT2D eigenvalue weighted by Crippen LogP contribution is 2.17.